The first-order valence-electron chi connectivity index (χ1n) is 7.86. The Morgan fingerprint density at radius 1 is 1.08 bits per heavy atom. The number of ketones is 1. The number of hydrogen-bond acceptors (Lipinski definition) is 4. The number of para-hydroxylation sites is 1. The van der Waals surface area contributed by atoms with Crippen LogP contribution in [0.4, 0.5) is 5.69 Å². The number of carbonyl (C=O) groups is 1. The molecule has 5 nitrogen and oxygen atoms in total. The number of benzene rings is 2. The Morgan fingerprint density at radius 2 is 1.72 bits per heavy atom. The van der Waals surface area contributed by atoms with Crippen LogP contribution in [0.5, 0.6) is 5.75 Å². The number of rotatable bonds is 4. The number of anilines is 1. The van der Waals surface area contributed by atoms with Gasteiger partial charge >= 0.3 is 0 Å². The lowest BCUT2D eigenvalue weighted by atomic mass is 9.96. The first kappa shape index (κ1) is 17.2. The van der Waals surface area contributed by atoms with Gasteiger partial charge in [-0.1, -0.05) is 18.2 Å². The van der Waals surface area contributed by atoms with Gasteiger partial charge in [-0.25, -0.2) is 8.42 Å². The standard InChI is InChI=1S/C19H19NO4S/c1-13-18(14(2)21)12-15-6-4-5-7-19(15)20(13)25(22,23)17-10-8-16(24-3)9-11-17/h4-13H,1-3H3. The van der Waals surface area contributed by atoms with E-state index in [4.69, 9.17) is 4.74 Å². The van der Waals surface area contributed by atoms with E-state index < -0.39 is 16.1 Å². The molecule has 0 radical (unpaired) electrons. The third kappa shape index (κ3) is 2.93. The summed E-state index contributed by atoms with van der Waals surface area (Å²) < 4.78 is 33.0. The van der Waals surface area contributed by atoms with Crippen molar-refractivity contribution in [3.05, 3.63) is 59.7 Å². The Bertz CT molecular complexity index is 946. The summed E-state index contributed by atoms with van der Waals surface area (Å²) in [7, 11) is -2.31. The zero-order valence-electron chi connectivity index (χ0n) is 14.3. The summed E-state index contributed by atoms with van der Waals surface area (Å²) in [5.74, 6) is 0.437. The van der Waals surface area contributed by atoms with Gasteiger partial charge in [0.2, 0.25) is 0 Å². The molecule has 0 amide bonds. The molecule has 130 valence electrons. The van der Waals surface area contributed by atoms with Crippen molar-refractivity contribution >= 4 is 27.6 Å². The molecule has 1 aliphatic heterocycles. The smallest absolute Gasteiger partial charge is 0.264 e. The van der Waals surface area contributed by atoms with Crippen LogP contribution < -0.4 is 9.04 Å². The Balaban J connectivity index is 2.16. The summed E-state index contributed by atoms with van der Waals surface area (Å²) in [5.41, 5.74) is 1.74. The van der Waals surface area contributed by atoms with Crippen LogP contribution in [0.15, 0.2) is 59.0 Å². The predicted octanol–water partition coefficient (Wildman–Crippen LogP) is 3.27. The SMILES string of the molecule is COc1ccc(S(=O)(=O)N2c3ccccc3C=C(C(C)=O)C2C)cc1. The van der Waals surface area contributed by atoms with E-state index in [2.05, 4.69) is 0 Å². The van der Waals surface area contributed by atoms with Crippen LogP contribution in [0.3, 0.4) is 0 Å². The van der Waals surface area contributed by atoms with Crippen molar-refractivity contribution in [1.29, 1.82) is 0 Å². The van der Waals surface area contributed by atoms with E-state index in [1.54, 1.807) is 43.3 Å². The molecule has 2 aromatic rings. The number of methoxy groups -OCH3 is 1. The van der Waals surface area contributed by atoms with Gasteiger partial charge in [0, 0.05) is 5.57 Å². The Kier molecular flexibility index (Phi) is 4.39. The van der Waals surface area contributed by atoms with Gasteiger partial charge in [0.15, 0.2) is 5.78 Å². The highest BCUT2D eigenvalue weighted by atomic mass is 32.2. The molecule has 2 aromatic carbocycles. The van der Waals surface area contributed by atoms with E-state index in [-0.39, 0.29) is 10.7 Å². The summed E-state index contributed by atoms with van der Waals surface area (Å²) in [5, 5.41) is 0. The van der Waals surface area contributed by atoms with Crippen molar-refractivity contribution in [2.24, 2.45) is 0 Å². The van der Waals surface area contributed by atoms with Gasteiger partial charge < -0.3 is 4.74 Å². The Hall–Kier alpha value is -2.60. The molecule has 0 spiro atoms. The van der Waals surface area contributed by atoms with Crippen LogP contribution in [-0.4, -0.2) is 27.4 Å². The highest BCUT2D eigenvalue weighted by molar-refractivity contribution is 7.92. The van der Waals surface area contributed by atoms with Crippen molar-refractivity contribution in [3.63, 3.8) is 0 Å². The molecule has 0 aliphatic carbocycles. The number of Topliss-reactive ketones (excluding diaryl/α,β-unsaturated/α-hetero) is 1. The average molecular weight is 357 g/mol. The largest absolute Gasteiger partial charge is 0.497 e. The fraction of sp³-hybridized carbons (Fsp3) is 0.211. The Morgan fingerprint density at radius 3 is 2.32 bits per heavy atom. The number of ether oxygens (including phenoxy) is 1. The van der Waals surface area contributed by atoms with E-state index in [0.29, 0.717) is 22.6 Å². The predicted molar refractivity (Wildman–Crippen MR) is 97.2 cm³/mol. The van der Waals surface area contributed by atoms with Crippen LogP contribution >= 0.6 is 0 Å². The minimum absolute atomic E-state index is 0.142. The molecule has 1 aliphatic rings. The Labute approximate surface area is 147 Å². The lowest BCUT2D eigenvalue weighted by molar-refractivity contribution is -0.113. The lowest BCUT2D eigenvalue weighted by Gasteiger charge is -2.35. The highest BCUT2D eigenvalue weighted by Gasteiger charge is 2.36. The molecule has 3 rings (SSSR count). The molecule has 25 heavy (non-hydrogen) atoms. The molecule has 1 unspecified atom stereocenters. The second-order valence-corrected chi connectivity index (χ2v) is 7.68. The molecular formula is C19H19NO4S. The summed E-state index contributed by atoms with van der Waals surface area (Å²) in [4.78, 5) is 12.2. The molecular weight excluding hydrogens is 338 g/mol. The maximum absolute atomic E-state index is 13.3. The number of nitrogens with zero attached hydrogens (tertiary/aromatic N) is 1. The molecule has 0 bridgehead atoms. The second-order valence-electron chi connectivity index (χ2n) is 5.87. The zero-order chi connectivity index (χ0) is 18.2. The third-order valence-electron chi connectivity index (χ3n) is 4.31. The molecule has 0 saturated carbocycles. The third-order valence-corrected chi connectivity index (χ3v) is 6.21. The minimum atomic E-state index is -3.83. The first-order chi connectivity index (χ1) is 11.9. The van der Waals surface area contributed by atoms with Crippen LogP contribution in [-0.2, 0) is 14.8 Å². The minimum Gasteiger partial charge on any atom is -0.497 e. The van der Waals surface area contributed by atoms with Crippen molar-refractivity contribution in [2.45, 2.75) is 24.8 Å². The zero-order valence-corrected chi connectivity index (χ0v) is 15.1. The van der Waals surface area contributed by atoms with Gasteiger partial charge in [-0.15, -0.1) is 0 Å². The molecule has 6 heteroatoms. The number of carbonyl (C=O) groups excluding carboxylic acids is 1. The topological polar surface area (TPSA) is 63.7 Å². The molecule has 0 N–H and O–H groups in total. The summed E-state index contributed by atoms with van der Waals surface area (Å²) in [6, 6.07) is 12.8. The number of fused-ring (bicyclic) bond motifs is 1. The van der Waals surface area contributed by atoms with Gasteiger partial charge in [-0.05, 0) is 55.8 Å². The summed E-state index contributed by atoms with van der Waals surface area (Å²) in [6.07, 6.45) is 1.77. The van der Waals surface area contributed by atoms with Crippen LogP contribution in [0.25, 0.3) is 6.08 Å². The lowest BCUT2D eigenvalue weighted by Crippen LogP contribution is -2.43. The van der Waals surface area contributed by atoms with E-state index >= 15 is 0 Å². The van der Waals surface area contributed by atoms with Gasteiger partial charge in [-0.2, -0.15) is 0 Å². The number of sulfonamides is 1. The van der Waals surface area contributed by atoms with E-state index in [0.717, 1.165) is 0 Å². The molecule has 1 atom stereocenters. The molecule has 0 fully saturated rings. The normalized spacial score (nSPS) is 16.8. The maximum atomic E-state index is 13.3. The number of hydrogen-bond donors (Lipinski definition) is 0. The van der Waals surface area contributed by atoms with Crippen molar-refractivity contribution in [1.82, 2.24) is 0 Å². The molecule has 0 saturated heterocycles. The van der Waals surface area contributed by atoms with Crippen LogP contribution in [0.1, 0.15) is 19.4 Å². The van der Waals surface area contributed by atoms with E-state index in [1.165, 1.54) is 30.5 Å². The quantitative estimate of drug-likeness (QED) is 0.842. The fourth-order valence-electron chi connectivity index (χ4n) is 3.03. The van der Waals surface area contributed by atoms with Crippen molar-refractivity contribution in [2.75, 3.05) is 11.4 Å². The first-order valence-corrected chi connectivity index (χ1v) is 9.30. The fourth-order valence-corrected chi connectivity index (χ4v) is 4.69. The van der Waals surface area contributed by atoms with E-state index in [1.807, 2.05) is 6.07 Å². The molecule has 1 heterocycles. The van der Waals surface area contributed by atoms with Crippen molar-refractivity contribution in [3.8, 4) is 5.75 Å². The summed E-state index contributed by atoms with van der Waals surface area (Å²) >= 11 is 0. The highest BCUT2D eigenvalue weighted by Crippen LogP contribution is 2.37. The van der Waals surface area contributed by atoms with Crippen LogP contribution in [0.2, 0.25) is 0 Å². The van der Waals surface area contributed by atoms with Gasteiger partial charge in [0.1, 0.15) is 5.75 Å². The average Bonchev–Trinajstić information content (AvgIpc) is 2.60. The molecule has 0 aromatic heterocycles. The monoisotopic (exact) mass is 357 g/mol. The maximum Gasteiger partial charge on any atom is 0.264 e. The van der Waals surface area contributed by atoms with Crippen molar-refractivity contribution < 1.29 is 17.9 Å². The van der Waals surface area contributed by atoms with Gasteiger partial charge in [-0.3, -0.25) is 9.10 Å². The second kappa shape index (κ2) is 6.37. The van der Waals surface area contributed by atoms with E-state index in [9.17, 15) is 13.2 Å². The summed E-state index contributed by atoms with van der Waals surface area (Å²) in [6.45, 7) is 3.18. The van der Waals surface area contributed by atoms with Gasteiger partial charge in [0.25, 0.3) is 10.0 Å². The van der Waals surface area contributed by atoms with Crippen LogP contribution in [0, 0.1) is 0 Å². The van der Waals surface area contributed by atoms with Gasteiger partial charge in [0.05, 0.1) is 23.7 Å².